The molecule has 1 aromatic rings. The van der Waals surface area contributed by atoms with Crippen molar-refractivity contribution in [2.24, 2.45) is 5.92 Å². The lowest BCUT2D eigenvalue weighted by atomic mass is 9.97. The molecule has 0 aliphatic rings. The Bertz CT molecular complexity index is 602. The molecule has 0 fully saturated rings. The number of halogens is 1. The van der Waals surface area contributed by atoms with E-state index in [1.54, 1.807) is 24.3 Å². The fourth-order valence-corrected chi connectivity index (χ4v) is 3.75. The maximum atomic E-state index is 12.4. The first-order chi connectivity index (χ1) is 10.7. The average molecular weight is 403 g/mol. The van der Waals surface area contributed by atoms with Gasteiger partial charge in [-0.2, -0.15) is 8.42 Å². The summed E-state index contributed by atoms with van der Waals surface area (Å²) in [5.41, 5.74) is 1.32. The van der Waals surface area contributed by atoms with Gasteiger partial charge in [-0.05, 0) is 69.7 Å². The van der Waals surface area contributed by atoms with E-state index in [0.29, 0.717) is 12.3 Å². The molecule has 2 atom stereocenters. The monoisotopic (exact) mass is 402 g/mol. The van der Waals surface area contributed by atoms with Crippen molar-refractivity contribution in [2.75, 3.05) is 0 Å². The number of benzene rings is 1. The smallest absolute Gasteiger partial charge is 0.263 e. The van der Waals surface area contributed by atoms with E-state index in [9.17, 15) is 8.42 Å². The van der Waals surface area contributed by atoms with Gasteiger partial charge in [0, 0.05) is 4.47 Å². The van der Waals surface area contributed by atoms with Gasteiger partial charge in [0.2, 0.25) is 0 Å². The van der Waals surface area contributed by atoms with Gasteiger partial charge in [0.25, 0.3) is 10.1 Å². The average Bonchev–Trinajstić information content (AvgIpc) is 2.46. The highest BCUT2D eigenvalue weighted by atomic mass is 79.9. The molecule has 0 aliphatic carbocycles. The van der Waals surface area contributed by atoms with Gasteiger partial charge in [-0.1, -0.05) is 41.4 Å². The second-order valence-corrected chi connectivity index (χ2v) is 8.72. The van der Waals surface area contributed by atoms with Crippen LogP contribution in [0.2, 0.25) is 0 Å². The van der Waals surface area contributed by atoms with Crippen LogP contribution in [0.4, 0.5) is 0 Å². The molecule has 0 N–H and O–H groups in total. The van der Waals surface area contributed by atoms with Gasteiger partial charge in [0.15, 0.2) is 0 Å². The van der Waals surface area contributed by atoms with E-state index in [-0.39, 0.29) is 11.0 Å². The molecule has 0 bridgehead atoms. The lowest BCUT2D eigenvalue weighted by Gasteiger charge is -2.19. The van der Waals surface area contributed by atoms with Crippen LogP contribution in [0.3, 0.4) is 0 Å². The fourth-order valence-electron chi connectivity index (χ4n) is 2.33. The molecule has 0 saturated carbocycles. The van der Waals surface area contributed by atoms with Crippen molar-refractivity contribution >= 4 is 26.0 Å². The van der Waals surface area contributed by atoms with E-state index >= 15 is 0 Å². The molecular weight excluding hydrogens is 376 g/mol. The predicted molar refractivity (Wildman–Crippen MR) is 98.9 cm³/mol. The molecule has 0 aliphatic heterocycles. The van der Waals surface area contributed by atoms with Gasteiger partial charge in [0.1, 0.15) is 0 Å². The number of allylic oxidation sites excluding steroid dienone is 2. The highest BCUT2D eigenvalue weighted by Crippen LogP contribution is 2.23. The molecular formula is C18H27BrO3S. The fraction of sp³-hybridized carbons (Fsp3) is 0.556. The van der Waals surface area contributed by atoms with Crippen LogP contribution in [0.1, 0.15) is 53.4 Å². The Morgan fingerprint density at radius 1 is 1.26 bits per heavy atom. The molecule has 0 spiro atoms. The van der Waals surface area contributed by atoms with Gasteiger partial charge in [-0.15, -0.1) is 0 Å². The lowest BCUT2D eigenvalue weighted by molar-refractivity contribution is 0.171. The Hall–Kier alpha value is -0.650. The van der Waals surface area contributed by atoms with Crippen LogP contribution in [0.25, 0.3) is 0 Å². The van der Waals surface area contributed by atoms with Crippen LogP contribution < -0.4 is 0 Å². The van der Waals surface area contributed by atoms with Crippen molar-refractivity contribution in [3.8, 4) is 0 Å². The molecule has 0 unspecified atom stereocenters. The van der Waals surface area contributed by atoms with Gasteiger partial charge < -0.3 is 0 Å². The van der Waals surface area contributed by atoms with Crippen LogP contribution in [0, 0.1) is 5.92 Å². The highest BCUT2D eigenvalue weighted by Gasteiger charge is 2.22. The summed E-state index contributed by atoms with van der Waals surface area (Å²) in [7, 11) is -3.70. The topological polar surface area (TPSA) is 43.4 Å². The molecule has 130 valence electrons. The molecule has 0 saturated heterocycles. The molecule has 0 aromatic heterocycles. The summed E-state index contributed by atoms with van der Waals surface area (Å²) in [4.78, 5) is 0.205. The molecule has 1 aromatic carbocycles. The normalized spacial score (nSPS) is 14.3. The Kier molecular flexibility index (Phi) is 8.51. The van der Waals surface area contributed by atoms with Crippen molar-refractivity contribution in [2.45, 2.75) is 64.4 Å². The van der Waals surface area contributed by atoms with Gasteiger partial charge in [-0.3, -0.25) is 4.18 Å². The molecule has 23 heavy (non-hydrogen) atoms. The molecule has 5 heteroatoms. The first-order valence-corrected chi connectivity index (χ1v) is 10.3. The summed E-state index contributed by atoms with van der Waals surface area (Å²) in [6, 6.07) is 6.53. The Morgan fingerprint density at radius 2 is 1.87 bits per heavy atom. The van der Waals surface area contributed by atoms with E-state index in [1.807, 2.05) is 6.92 Å². The van der Waals surface area contributed by atoms with Gasteiger partial charge >= 0.3 is 0 Å². The molecule has 0 amide bonds. The third-order valence-electron chi connectivity index (χ3n) is 3.70. The van der Waals surface area contributed by atoms with Crippen LogP contribution in [-0.4, -0.2) is 14.5 Å². The predicted octanol–water partition coefficient (Wildman–Crippen LogP) is 5.71. The van der Waals surface area contributed by atoms with E-state index in [0.717, 1.165) is 23.7 Å². The maximum absolute atomic E-state index is 12.4. The van der Waals surface area contributed by atoms with Crippen molar-refractivity contribution in [1.82, 2.24) is 0 Å². The standard InChI is InChI=1S/C18H27BrO3S/c1-5-17(13-15(4)8-6-7-14(2)3)22-23(20,21)18-11-9-16(19)10-12-18/h7,9-12,15,17H,5-6,8,13H2,1-4H3/t15-,17+/m1/s1. The minimum atomic E-state index is -3.70. The molecule has 0 radical (unpaired) electrons. The second-order valence-electron chi connectivity index (χ2n) is 6.23. The van der Waals surface area contributed by atoms with Crippen LogP contribution >= 0.6 is 15.9 Å². The second kappa shape index (κ2) is 9.60. The lowest BCUT2D eigenvalue weighted by Crippen LogP contribution is -2.20. The first-order valence-electron chi connectivity index (χ1n) is 8.06. The van der Waals surface area contributed by atoms with Crippen molar-refractivity contribution in [3.63, 3.8) is 0 Å². The Labute approximate surface area is 149 Å². The van der Waals surface area contributed by atoms with Gasteiger partial charge in [-0.25, -0.2) is 0 Å². The summed E-state index contributed by atoms with van der Waals surface area (Å²) < 4.78 is 31.0. The van der Waals surface area contributed by atoms with E-state index in [1.165, 1.54) is 5.57 Å². The number of hydrogen-bond donors (Lipinski definition) is 0. The van der Waals surface area contributed by atoms with Crippen molar-refractivity contribution in [1.29, 1.82) is 0 Å². The highest BCUT2D eigenvalue weighted by molar-refractivity contribution is 9.10. The van der Waals surface area contributed by atoms with E-state index in [2.05, 4.69) is 42.8 Å². The largest absolute Gasteiger partial charge is 0.297 e. The summed E-state index contributed by atoms with van der Waals surface area (Å²) in [6.07, 6.45) is 5.45. The summed E-state index contributed by atoms with van der Waals surface area (Å²) in [5.74, 6) is 0.427. The molecule has 0 heterocycles. The van der Waals surface area contributed by atoms with Crippen LogP contribution in [0.5, 0.6) is 0 Å². The van der Waals surface area contributed by atoms with E-state index in [4.69, 9.17) is 4.18 Å². The summed E-state index contributed by atoms with van der Waals surface area (Å²) >= 11 is 3.30. The van der Waals surface area contributed by atoms with Gasteiger partial charge in [0.05, 0.1) is 11.0 Å². The Morgan fingerprint density at radius 3 is 2.39 bits per heavy atom. The first kappa shape index (κ1) is 20.4. The SMILES string of the molecule is CC[C@@H](C[C@H](C)CCC=C(C)C)OS(=O)(=O)c1ccc(Br)cc1. The molecule has 3 nitrogen and oxygen atoms in total. The van der Waals surface area contributed by atoms with Crippen molar-refractivity contribution < 1.29 is 12.6 Å². The zero-order valence-electron chi connectivity index (χ0n) is 14.4. The minimum absolute atomic E-state index is 0.205. The quantitative estimate of drug-likeness (QED) is 0.392. The van der Waals surface area contributed by atoms with E-state index < -0.39 is 10.1 Å². The maximum Gasteiger partial charge on any atom is 0.297 e. The number of rotatable bonds is 9. The summed E-state index contributed by atoms with van der Waals surface area (Å²) in [5, 5.41) is 0. The zero-order chi connectivity index (χ0) is 17.5. The Balaban J connectivity index is 2.64. The number of hydrogen-bond acceptors (Lipinski definition) is 3. The van der Waals surface area contributed by atoms with Crippen LogP contribution in [0.15, 0.2) is 45.3 Å². The van der Waals surface area contributed by atoms with Crippen LogP contribution in [-0.2, 0) is 14.3 Å². The minimum Gasteiger partial charge on any atom is -0.263 e. The zero-order valence-corrected chi connectivity index (χ0v) is 16.8. The third-order valence-corrected chi connectivity index (χ3v) is 5.60. The summed E-state index contributed by atoms with van der Waals surface area (Å²) in [6.45, 7) is 8.29. The van der Waals surface area contributed by atoms with Crippen molar-refractivity contribution in [3.05, 3.63) is 40.4 Å². The molecule has 1 rings (SSSR count). The third kappa shape index (κ3) is 7.64.